The van der Waals surface area contributed by atoms with Crippen LogP contribution in [-0.2, 0) is 6.54 Å². The van der Waals surface area contributed by atoms with E-state index in [1.54, 1.807) is 25.1 Å². The molecule has 1 N–H and O–H groups in total. The van der Waals surface area contributed by atoms with E-state index in [0.717, 1.165) is 10.5 Å². The first kappa shape index (κ1) is 17.7. The zero-order chi connectivity index (χ0) is 19.8. The van der Waals surface area contributed by atoms with Crippen LogP contribution in [0.1, 0.15) is 42.4 Å². The van der Waals surface area contributed by atoms with Crippen molar-refractivity contribution in [1.82, 2.24) is 4.90 Å². The number of nitrogens with zero attached hydrogens (tertiary/aromatic N) is 1. The second-order valence-electron chi connectivity index (χ2n) is 6.47. The summed E-state index contributed by atoms with van der Waals surface area (Å²) in [6, 6.07) is 11.9. The standard InChI is InChI=1S/C21H15FN2O4/c1-12-4-7-17(22)18(9-12)23-19(25)13-5-6-15-16(10-13)21(27)24(20(15)26)11-14-3-2-8-28-14/h2-10H,11H2,1H3,(H,23,25). The van der Waals surface area contributed by atoms with E-state index < -0.39 is 23.5 Å². The molecule has 0 saturated heterocycles. The third-order valence-electron chi connectivity index (χ3n) is 4.50. The van der Waals surface area contributed by atoms with Gasteiger partial charge in [0.25, 0.3) is 17.7 Å². The smallest absolute Gasteiger partial charge is 0.261 e. The van der Waals surface area contributed by atoms with Crippen molar-refractivity contribution in [1.29, 1.82) is 0 Å². The average Bonchev–Trinajstić information content (AvgIpc) is 3.27. The maximum atomic E-state index is 13.9. The lowest BCUT2D eigenvalue weighted by molar-refractivity contribution is 0.0631. The Morgan fingerprint density at radius 2 is 1.86 bits per heavy atom. The van der Waals surface area contributed by atoms with Crippen LogP contribution in [0, 0.1) is 12.7 Å². The third kappa shape index (κ3) is 3.07. The van der Waals surface area contributed by atoms with Crippen molar-refractivity contribution in [3.05, 3.63) is 88.6 Å². The number of aryl methyl sites for hydroxylation is 1. The van der Waals surface area contributed by atoms with Gasteiger partial charge in [0.15, 0.2) is 0 Å². The second-order valence-corrected chi connectivity index (χ2v) is 6.47. The maximum absolute atomic E-state index is 13.9. The Kier molecular flexibility index (Phi) is 4.27. The Bertz CT molecular complexity index is 1110. The van der Waals surface area contributed by atoms with Crippen molar-refractivity contribution in [2.24, 2.45) is 0 Å². The minimum absolute atomic E-state index is 0.00931. The predicted molar refractivity (Wildman–Crippen MR) is 98.4 cm³/mol. The summed E-state index contributed by atoms with van der Waals surface area (Å²) in [6.45, 7) is 1.79. The van der Waals surface area contributed by atoms with Gasteiger partial charge in [0.05, 0.1) is 29.6 Å². The quantitative estimate of drug-likeness (QED) is 0.701. The van der Waals surface area contributed by atoms with Crippen molar-refractivity contribution in [3.63, 3.8) is 0 Å². The molecule has 0 fully saturated rings. The molecule has 1 aromatic heterocycles. The van der Waals surface area contributed by atoms with Crippen LogP contribution < -0.4 is 5.32 Å². The average molecular weight is 378 g/mol. The summed E-state index contributed by atoms with van der Waals surface area (Å²) in [5.41, 5.74) is 1.34. The number of hydrogen-bond acceptors (Lipinski definition) is 4. The number of furan rings is 1. The summed E-state index contributed by atoms with van der Waals surface area (Å²) in [5.74, 6) is -1.61. The molecular formula is C21H15FN2O4. The number of amides is 3. The monoisotopic (exact) mass is 378 g/mol. The molecule has 3 aromatic rings. The number of rotatable bonds is 4. The molecule has 140 valence electrons. The summed E-state index contributed by atoms with van der Waals surface area (Å²) in [5, 5.41) is 2.49. The lowest BCUT2D eigenvalue weighted by Crippen LogP contribution is -2.28. The molecule has 0 atom stereocenters. The van der Waals surface area contributed by atoms with Gasteiger partial charge in [-0.05, 0) is 55.0 Å². The number of halogens is 1. The normalized spacial score (nSPS) is 13.0. The van der Waals surface area contributed by atoms with Crippen LogP contribution in [0.15, 0.2) is 59.2 Å². The summed E-state index contributed by atoms with van der Waals surface area (Å²) in [7, 11) is 0. The highest BCUT2D eigenvalue weighted by Gasteiger charge is 2.36. The van der Waals surface area contributed by atoms with E-state index in [1.807, 2.05) is 0 Å². The molecule has 4 rings (SSSR count). The van der Waals surface area contributed by atoms with E-state index in [4.69, 9.17) is 4.42 Å². The van der Waals surface area contributed by atoms with Crippen LogP contribution in [0.2, 0.25) is 0 Å². The first-order valence-corrected chi connectivity index (χ1v) is 8.54. The van der Waals surface area contributed by atoms with E-state index in [1.165, 1.54) is 36.6 Å². The van der Waals surface area contributed by atoms with Crippen molar-refractivity contribution in [2.75, 3.05) is 5.32 Å². The van der Waals surface area contributed by atoms with Crippen molar-refractivity contribution >= 4 is 23.4 Å². The van der Waals surface area contributed by atoms with Crippen LogP contribution in [-0.4, -0.2) is 22.6 Å². The van der Waals surface area contributed by atoms with Crippen LogP contribution in [0.5, 0.6) is 0 Å². The van der Waals surface area contributed by atoms with Gasteiger partial charge in [0.2, 0.25) is 0 Å². The zero-order valence-electron chi connectivity index (χ0n) is 14.9. The fraction of sp³-hybridized carbons (Fsp3) is 0.0952. The largest absolute Gasteiger partial charge is 0.467 e. The van der Waals surface area contributed by atoms with E-state index >= 15 is 0 Å². The second kappa shape index (κ2) is 6.77. The van der Waals surface area contributed by atoms with Crippen LogP contribution in [0.4, 0.5) is 10.1 Å². The van der Waals surface area contributed by atoms with Crippen molar-refractivity contribution in [3.8, 4) is 0 Å². The molecule has 1 aliphatic heterocycles. The molecule has 7 heteroatoms. The number of carbonyl (C=O) groups excluding carboxylic acids is 3. The molecule has 0 spiro atoms. The number of anilines is 1. The molecule has 0 radical (unpaired) electrons. The van der Waals surface area contributed by atoms with Gasteiger partial charge < -0.3 is 9.73 Å². The molecule has 2 aromatic carbocycles. The van der Waals surface area contributed by atoms with Gasteiger partial charge >= 0.3 is 0 Å². The molecule has 0 saturated carbocycles. The summed E-state index contributed by atoms with van der Waals surface area (Å²) in [6.07, 6.45) is 1.46. The lowest BCUT2D eigenvalue weighted by atomic mass is 10.1. The minimum Gasteiger partial charge on any atom is -0.467 e. The fourth-order valence-electron chi connectivity index (χ4n) is 3.06. The Labute approximate surface area is 159 Å². The molecule has 1 aliphatic rings. The van der Waals surface area contributed by atoms with Gasteiger partial charge in [-0.2, -0.15) is 0 Å². The van der Waals surface area contributed by atoms with Gasteiger partial charge in [-0.1, -0.05) is 6.07 Å². The highest BCUT2D eigenvalue weighted by atomic mass is 19.1. The maximum Gasteiger partial charge on any atom is 0.261 e. The van der Waals surface area contributed by atoms with Gasteiger partial charge in [0, 0.05) is 5.56 Å². The van der Waals surface area contributed by atoms with Gasteiger partial charge in [-0.15, -0.1) is 0 Å². The fourth-order valence-corrected chi connectivity index (χ4v) is 3.06. The van der Waals surface area contributed by atoms with E-state index in [-0.39, 0.29) is 28.9 Å². The molecule has 2 heterocycles. The van der Waals surface area contributed by atoms with Crippen LogP contribution in [0.3, 0.4) is 0 Å². The molecule has 0 bridgehead atoms. The van der Waals surface area contributed by atoms with Crippen molar-refractivity contribution < 1.29 is 23.2 Å². The number of benzene rings is 2. The predicted octanol–water partition coefficient (Wildman–Crippen LogP) is 3.78. The Hall–Kier alpha value is -3.74. The molecular weight excluding hydrogens is 363 g/mol. The van der Waals surface area contributed by atoms with E-state index in [9.17, 15) is 18.8 Å². The number of fused-ring (bicyclic) bond motifs is 1. The Morgan fingerprint density at radius 1 is 1.07 bits per heavy atom. The highest BCUT2D eigenvalue weighted by Crippen LogP contribution is 2.26. The molecule has 28 heavy (non-hydrogen) atoms. The first-order valence-electron chi connectivity index (χ1n) is 8.54. The Morgan fingerprint density at radius 3 is 2.61 bits per heavy atom. The van der Waals surface area contributed by atoms with Crippen LogP contribution >= 0.6 is 0 Å². The molecule has 3 amide bonds. The minimum atomic E-state index is -0.572. The molecule has 0 aliphatic carbocycles. The summed E-state index contributed by atoms with van der Waals surface area (Å²) >= 11 is 0. The Balaban J connectivity index is 1.59. The number of imide groups is 1. The molecule has 6 nitrogen and oxygen atoms in total. The molecule has 0 unspecified atom stereocenters. The number of carbonyl (C=O) groups is 3. The van der Waals surface area contributed by atoms with E-state index in [2.05, 4.69) is 5.32 Å². The van der Waals surface area contributed by atoms with E-state index in [0.29, 0.717) is 5.76 Å². The van der Waals surface area contributed by atoms with Gasteiger partial charge in [-0.3, -0.25) is 19.3 Å². The first-order chi connectivity index (χ1) is 13.4. The SMILES string of the molecule is Cc1ccc(F)c(NC(=O)c2ccc3c(c2)C(=O)N(Cc2ccco2)C3=O)c1. The van der Waals surface area contributed by atoms with Crippen LogP contribution in [0.25, 0.3) is 0 Å². The van der Waals surface area contributed by atoms with Crippen molar-refractivity contribution in [2.45, 2.75) is 13.5 Å². The van der Waals surface area contributed by atoms with Gasteiger partial charge in [0.1, 0.15) is 11.6 Å². The summed E-state index contributed by atoms with van der Waals surface area (Å²) < 4.78 is 19.1. The number of hydrogen-bond donors (Lipinski definition) is 1. The summed E-state index contributed by atoms with van der Waals surface area (Å²) in [4.78, 5) is 38.7. The van der Waals surface area contributed by atoms with Gasteiger partial charge in [-0.25, -0.2) is 4.39 Å². The topological polar surface area (TPSA) is 79.6 Å². The lowest BCUT2D eigenvalue weighted by Gasteiger charge is -2.11. The zero-order valence-corrected chi connectivity index (χ0v) is 14.9. The number of nitrogens with one attached hydrogen (secondary N) is 1. The third-order valence-corrected chi connectivity index (χ3v) is 4.50. The highest BCUT2D eigenvalue weighted by molar-refractivity contribution is 6.22.